The Balaban J connectivity index is 1.80. The van der Waals surface area contributed by atoms with Crippen LogP contribution >= 0.6 is 0 Å². The van der Waals surface area contributed by atoms with Crippen molar-refractivity contribution in [1.29, 1.82) is 0 Å². The van der Waals surface area contributed by atoms with Crippen molar-refractivity contribution < 1.29 is 0 Å². The quantitative estimate of drug-likeness (QED) is 0.851. The predicted molar refractivity (Wildman–Crippen MR) is 71.0 cm³/mol. The Morgan fingerprint density at radius 3 is 2.71 bits per heavy atom. The number of aromatic nitrogens is 1. The summed E-state index contributed by atoms with van der Waals surface area (Å²) in [6.45, 7) is 2.33. The van der Waals surface area contributed by atoms with Crippen molar-refractivity contribution in [3.63, 3.8) is 0 Å². The second kappa shape index (κ2) is 4.84. The Morgan fingerprint density at radius 1 is 1.12 bits per heavy atom. The fraction of sp³-hybridized carbons (Fsp3) is 0.400. The number of pyridine rings is 1. The van der Waals surface area contributed by atoms with Crippen LogP contribution in [0.25, 0.3) is 10.8 Å². The molecule has 1 saturated heterocycles. The van der Waals surface area contributed by atoms with E-state index >= 15 is 0 Å². The van der Waals surface area contributed by atoms with Crippen molar-refractivity contribution in [1.82, 2.24) is 10.3 Å². The number of hydrogen-bond donors (Lipinski definition) is 1. The van der Waals surface area contributed by atoms with E-state index in [2.05, 4.69) is 40.6 Å². The van der Waals surface area contributed by atoms with Gasteiger partial charge in [0.25, 0.3) is 0 Å². The summed E-state index contributed by atoms with van der Waals surface area (Å²) in [7, 11) is 0. The molecule has 0 radical (unpaired) electrons. The van der Waals surface area contributed by atoms with E-state index in [0.717, 1.165) is 25.4 Å². The SMILES string of the molecule is c1ccc2cc(CC3CCNCC3)ncc2c1. The summed E-state index contributed by atoms with van der Waals surface area (Å²) in [6.07, 6.45) is 5.71. The first-order valence-corrected chi connectivity index (χ1v) is 6.46. The van der Waals surface area contributed by atoms with Crippen molar-refractivity contribution >= 4 is 10.8 Å². The maximum Gasteiger partial charge on any atom is 0.0412 e. The van der Waals surface area contributed by atoms with E-state index in [1.54, 1.807) is 0 Å². The molecular weight excluding hydrogens is 208 g/mol. The predicted octanol–water partition coefficient (Wildman–Crippen LogP) is 2.78. The number of piperidine rings is 1. The minimum absolute atomic E-state index is 0.810. The number of hydrogen-bond acceptors (Lipinski definition) is 2. The molecule has 0 atom stereocenters. The molecule has 2 heteroatoms. The Labute approximate surface area is 102 Å². The lowest BCUT2D eigenvalue weighted by Gasteiger charge is -2.22. The molecular formula is C15H18N2. The molecule has 2 aromatic rings. The highest BCUT2D eigenvalue weighted by molar-refractivity contribution is 5.81. The molecule has 2 nitrogen and oxygen atoms in total. The van der Waals surface area contributed by atoms with Gasteiger partial charge in [-0.2, -0.15) is 0 Å². The topological polar surface area (TPSA) is 24.9 Å². The van der Waals surface area contributed by atoms with E-state index in [9.17, 15) is 0 Å². The van der Waals surface area contributed by atoms with Crippen LogP contribution in [0.15, 0.2) is 36.5 Å². The lowest BCUT2D eigenvalue weighted by Crippen LogP contribution is -2.28. The van der Waals surface area contributed by atoms with Gasteiger partial charge in [-0.15, -0.1) is 0 Å². The third-order valence-electron chi connectivity index (χ3n) is 3.64. The summed E-state index contributed by atoms with van der Waals surface area (Å²) in [5, 5.41) is 5.96. The van der Waals surface area contributed by atoms with Gasteiger partial charge in [0.1, 0.15) is 0 Å². The van der Waals surface area contributed by atoms with E-state index in [0.29, 0.717) is 0 Å². The second-order valence-electron chi connectivity index (χ2n) is 4.92. The highest BCUT2D eigenvalue weighted by Crippen LogP contribution is 2.19. The molecule has 0 aliphatic carbocycles. The number of nitrogens with one attached hydrogen (secondary N) is 1. The summed E-state index contributed by atoms with van der Waals surface area (Å²) in [6, 6.07) is 10.7. The number of rotatable bonds is 2. The van der Waals surface area contributed by atoms with E-state index in [1.807, 2.05) is 6.20 Å². The van der Waals surface area contributed by atoms with Gasteiger partial charge in [-0.05, 0) is 49.7 Å². The number of fused-ring (bicyclic) bond motifs is 1. The lowest BCUT2D eigenvalue weighted by molar-refractivity contribution is 0.370. The van der Waals surface area contributed by atoms with Gasteiger partial charge in [0, 0.05) is 17.3 Å². The van der Waals surface area contributed by atoms with Crippen molar-refractivity contribution in [2.45, 2.75) is 19.3 Å². The third kappa shape index (κ3) is 2.47. The molecule has 0 unspecified atom stereocenters. The minimum atomic E-state index is 0.810. The average Bonchev–Trinajstić information content (AvgIpc) is 2.40. The van der Waals surface area contributed by atoms with E-state index < -0.39 is 0 Å². The van der Waals surface area contributed by atoms with Gasteiger partial charge < -0.3 is 5.32 Å². The molecule has 17 heavy (non-hydrogen) atoms. The minimum Gasteiger partial charge on any atom is -0.317 e. The van der Waals surface area contributed by atoms with E-state index in [1.165, 1.54) is 29.3 Å². The first-order valence-electron chi connectivity index (χ1n) is 6.46. The molecule has 1 aliphatic rings. The zero-order valence-electron chi connectivity index (χ0n) is 10.0. The van der Waals surface area contributed by atoms with Crippen LogP contribution in [0.4, 0.5) is 0 Å². The molecule has 0 amide bonds. The molecule has 0 saturated carbocycles. The first kappa shape index (κ1) is 10.7. The van der Waals surface area contributed by atoms with E-state index in [-0.39, 0.29) is 0 Å². The average molecular weight is 226 g/mol. The van der Waals surface area contributed by atoms with Gasteiger partial charge in [-0.25, -0.2) is 0 Å². The van der Waals surface area contributed by atoms with Crippen LogP contribution in [0.3, 0.4) is 0 Å². The number of benzene rings is 1. The maximum absolute atomic E-state index is 4.58. The first-order chi connectivity index (χ1) is 8.42. The van der Waals surface area contributed by atoms with Crippen LogP contribution in [0, 0.1) is 5.92 Å². The second-order valence-corrected chi connectivity index (χ2v) is 4.92. The van der Waals surface area contributed by atoms with Crippen LogP contribution in [-0.4, -0.2) is 18.1 Å². The van der Waals surface area contributed by atoms with Gasteiger partial charge >= 0.3 is 0 Å². The molecule has 0 bridgehead atoms. The molecule has 1 aromatic carbocycles. The molecule has 1 aliphatic heterocycles. The molecule has 1 aromatic heterocycles. The van der Waals surface area contributed by atoms with Crippen molar-refractivity contribution in [3.05, 3.63) is 42.2 Å². The van der Waals surface area contributed by atoms with Crippen molar-refractivity contribution in [3.8, 4) is 0 Å². The summed E-state index contributed by atoms with van der Waals surface area (Å²) >= 11 is 0. The monoisotopic (exact) mass is 226 g/mol. The molecule has 3 rings (SSSR count). The van der Waals surface area contributed by atoms with Gasteiger partial charge in [0.15, 0.2) is 0 Å². The van der Waals surface area contributed by atoms with Crippen molar-refractivity contribution in [2.75, 3.05) is 13.1 Å². The number of nitrogens with zero attached hydrogens (tertiary/aromatic N) is 1. The van der Waals surface area contributed by atoms with Crippen LogP contribution in [0.1, 0.15) is 18.5 Å². The fourth-order valence-electron chi connectivity index (χ4n) is 2.62. The van der Waals surface area contributed by atoms with Gasteiger partial charge in [-0.1, -0.05) is 24.3 Å². The molecule has 1 N–H and O–H groups in total. The van der Waals surface area contributed by atoms with Crippen molar-refractivity contribution in [2.24, 2.45) is 5.92 Å². The summed E-state index contributed by atoms with van der Waals surface area (Å²) < 4.78 is 0. The highest BCUT2D eigenvalue weighted by Gasteiger charge is 2.14. The molecule has 2 heterocycles. The van der Waals surface area contributed by atoms with Gasteiger partial charge in [-0.3, -0.25) is 4.98 Å². The smallest absolute Gasteiger partial charge is 0.0412 e. The standard InChI is InChI=1S/C15H18N2/c1-2-4-14-11-17-15(10-13(14)3-1)9-12-5-7-16-8-6-12/h1-4,10-12,16H,5-9H2. The zero-order chi connectivity index (χ0) is 11.5. The Kier molecular flexibility index (Phi) is 3.06. The van der Waals surface area contributed by atoms with Crippen LogP contribution < -0.4 is 5.32 Å². The summed E-state index contributed by atoms with van der Waals surface area (Å²) in [5.41, 5.74) is 1.25. The van der Waals surface area contributed by atoms with Gasteiger partial charge in [0.2, 0.25) is 0 Å². The molecule has 0 spiro atoms. The Bertz CT molecular complexity index is 501. The summed E-state index contributed by atoms with van der Waals surface area (Å²) in [5.74, 6) is 0.810. The largest absolute Gasteiger partial charge is 0.317 e. The zero-order valence-corrected chi connectivity index (χ0v) is 10.0. The maximum atomic E-state index is 4.58. The van der Waals surface area contributed by atoms with Crippen LogP contribution in [0.5, 0.6) is 0 Å². The fourth-order valence-corrected chi connectivity index (χ4v) is 2.62. The lowest BCUT2D eigenvalue weighted by atomic mass is 9.92. The molecule has 1 fully saturated rings. The summed E-state index contributed by atoms with van der Waals surface area (Å²) in [4.78, 5) is 4.58. The Hall–Kier alpha value is -1.41. The normalized spacial score (nSPS) is 17.4. The molecule has 88 valence electrons. The van der Waals surface area contributed by atoms with E-state index in [4.69, 9.17) is 0 Å². The third-order valence-corrected chi connectivity index (χ3v) is 3.64. The van der Waals surface area contributed by atoms with Gasteiger partial charge in [0.05, 0.1) is 0 Å². The van der Waals surface area contributed by atoms with Crippen LogP contribution in [-0.2, 0) is 6.42 Å². The Morgan fingerprint density at radius 2 is 1.88 bits per heavy atom. The highest BCUT2D eigenvalue weighted by atomic mass is 14.9. The van der Waals surface area contributed by atoms with Crippen LogP contribution in [0.2, 0.25) is 0 Å².